The quantitative estimate of drug-likeness (QED) is 0.476. The van der Waals surface area contributed by atoms with Gasteiger partial charge in [0.25, 0.3) is 0 Å². The van der Waals surface area contributed by atoms with Crippen molar-refractivity contribution in [2.45, 2.75) is 26.5 Å². The van der Waals surface area contributed by atoms with Gasteiger partial charge in [0.2, 0.25) is 5.43 Å². The van der Waals surface area contributed by atoms with Crippen LogP contribution in [0.4, 0.5) is 4.39 Å². The molecule has 6 nitrogen and oxygen atoms in total. The van der Waals surface area contributed by atoms with Crippen molar-refractivity contribution < 1.29 is 18.7 Å². The van der Waals surface area contributed by atoms with Crippen molar-refractivity contribution in [3.8, 4) is 11.5 Å². The van der Waals surface area contributed by atoms with Gasteiger partial charge >= 0.3 is 5.63 Å². The summed E-state index contributed by atoms with van der Waals surface area (Å²) in [6.07, 6.45) is 1.99. The summed E-state index contributed by atoms with van der Waals surface area (Å²) in [7, 11) is 0. The second-order valence-corrected chi connectivity index (χ2v) is 7.13. The van der Waals surface area contributed by atoms with Gasteiger partial charge in [-0.05, 0) is 42.3 Å². The summed E-state index contributed by atoms with van der Waals surface area (Å²) >= 11 is 0. The van der Waals surface area contributed by atoms with Crippen LogP contribution in [-0.4, -0.2) is 9.67 Å². The number of aromatic hydroxyl groups is 1. The normalized spacial score (nSPS) is 11.0. The average molecular weight is 421 g/mol. The van der Waals surface area contributed by atoms with E-state index in [1.54, 1.807) is 47.2 Å². The first-order valence-electron chi connectivity index (χ1n) is 9.80. The van der Waals surface area contributed by atoms with Crippen molar-refractivity contribution in [3.63, 3.8) is 0 Å². The first kappa shape index (κ1) is 20.4. The first-order valence-corrected chi connectivity index (χ1v) is 9.80. The van der Waals surface area contributed by atoms with Gasteiger partial charge in [0.05, 0.1) is 17.8 Å². The fourth-order valence-corrected chi connectivity index (χ4v) is 3.43. The minimum atomic E-state index is -0.518. The number of pyridine rings is 1. The molecule has 0 radical (unpaired) electrons. The molecule has 158 valence electrons. The Morgan fingerprint density at radius 3 is 2.71 bits per heavy atom. The number of fused-ring (bicyclic) bond motifs is 1. The van der Waals surface area contributed by atoms with Crippen molar-refractivity contribution in [2.24, 2.45) is 0 Å². The van der Waals surface area contributed by atoms with Gasteiger partial charge in [-0.2, -0.15) is 0 Å². The van der Waals surface area contributed by atoms with E-state index in [2.05, 4.69) is 0 Å². The van der Waals surface area contributed by atoms with Crippen molar-refractivity contribution in [2.75, 3.05) is 0 Å². The van der Waals surface area contributed by atoms with Crippen LogP contribution in [0, 0.1) is 5.82 Å². The van der Waals surface area contributed by atoms with Crippen molar-refractivity contribution in [1.29, 1.82) is 0 Å². The van der Waals surface area contributed by atoms with E-state index in [9.17, 15) is 19.1 Å². The summed E-state index contributed by atoms with van der Waals surface area (Å²) in [4.78, 5) is 24.2. The van der Waals surface area contributed by atoms with E-state index in [4.69, 9.17) is 9.15 Å². The van der Waals surface area contributed by atoms with Crippen molar-refractivity contribution >= 4 is 11.0 Å². The lowest BCUT2D eigenvalue weighted by molar-refractivity contribution is 0.305. The molecular weight excluding hydrogens is 401 g/mol. The van der Waals surface area contributed by atoms with E-state index >= 15 is 0 Å². The summed E-state index contributed by atoms with van der Waals surface area (Å²) in [5.74, 6) is -0.151. The summed E-state index contributed by atoms with van der Waals surface area (Å²) in [6.45, 7) is 2.16. The highest BCUT2D eigenvalue weighted by Crippen LogP contribution is 2.22. The summed E-state index contributed by atoms with van der Waals surface area (Å²) in [5.41, 5.74) is 0.920. The molecule has 4 aromatic rings. The molecule has 0 fully saturated rings. The van der Waals surface area contributed by atoms with Gasteiger partial charge in [-0.15, -0.1) is 0 Å². The van der Waals surface area contributed by atoms with Gasteiger partial charge in [-0.3, -0.25) is 4.79 Å². The number of hydrogen-bond acceptors (Lipinski definition) is 5. The molecule has 0 atom stereocenters. The third-order valence-corrected chi connectivity index (χ3v) is 5.01. The second-order valence-electron chi connectivity index (χ2n) is 7.13. The molecule has 0 aliphatic carbocycles. The van der Waals surface area contributed by atoms with Crippen molar-refractivity contribution in [1.82, 2.24) is 4.57 Å². The maximum Gasteiger partial charge on any atom is 0.341 e. The Bertz CT molecular complexity index is 1370. The monoisotopic (exact) mass is 421 g/mol. The molecule has 1 N–H and O–H groups in total. The van der Waals surface area contributed by atoms with E-state index in [-0.39, 0.29) is 24.7 Å². The van der Waals surface area contributed by atoms with E-state index in [0.29, 0.717) is 40.0 Å². The topological polar surface area (TPSA) is 81.7 Å². The Balaban J connectivity index is 1.60. The van der Waals surface area contributed by atoms with Crippen LogP contribution in [0.2, 0.25) is 0 Å². The Morgan fingerprint density at radius 2 is 1.94 bits per heavy atom. The van der Waals surface area contributed by atoms with Gasteiger partial charge in [0, 0.05) is 23.7 Å². The highest BCUT2D eigenvalue weighted by atomic mass is 19.1. The lowest BCUT2D eigenvalue weighted by Gasteiger charge is -2.13. The molecule has 0 saturated heterocycles. The highest BCUT2D eigenvalue weighted by molar-refractivity contribution is 5.78. The third kappa shape index (κ3) is 4.35. The molecule has 2 aromatic carbocycles. The molecule has 31 heavy (non-hydrogen) atoms. The molecule has 0 aliphatic rings. The number of benzene rings is 2. The van der Waals surface area contributed by atoms with Crippen LogP contribution >= 0.6 is 0 Å². The predicted octanol–water partition coefficient (Wildman–Crippen LogP) is 3.99. The van der Waals surface area contributed by atoms with Crippen LogP contribution in [0.15, 0.2) is 74.8 Å². The molecule has 0 bridgehead atoms. The SMILES string of the molecule is CCc1c(O)c(=O)ccn1Cc1cc2ccc(OCc3cccc(F)c3)cc2oc1=O. The largest absolute Gasteiger partial charge is 0.503 e. The van der Waals surface area contributed by atoms with Crippen LogP contribution in [-0.2, 0) is 19.6 Å². The molecule has 0 spiro atoms. The maximum absolute atomic E-state index is 13.3. The van der Waals surface area contributed by atoms with Gasteiger partial charge in [-0.1, -0.05) is 19.1 Å². The number of nitrogens with zero attached hydrogens (tertiary/aromatic N) is 1. The predicted molar refractivity (Wildman–Crippen MR) is 114 cm³/mol. The van der Waals surface area contributed by atoms with Crippen LogP contribution in [0.25, 0.3) is 11.0 Å². The summed E-state index contributed by atoms with van der Waals surface area (Å²) in [5, 5.41) is 10.7. The molecule has 4 rings (SSSR count). The maximum atomic E-state index is 13.3. The van der Waals surface area contributed by atoms with Gasteiger partial charge in [-0.25, -0.2) is 9.18 Å². The number of rotatable bonds is 6. The lowest BCUT2D eigenvalue weighted by Crippen LogP contribution is -2.17. The van der Waals surface area contributed by atoms with E-state index < -0.39 is 11.1 Å². The number of aromatic nitrogens is 1. The molecule has 0 aliphatic heterocycles. The smallest absolute Gasteiger partial charge is 0.341 e. The lowest BCUT2D eigenvalue weighted by atomic mass is 10.1. The highest BCUT2D eigenvalue weighted by Gasteiger charge is 2.12. The first-order chi connectivity index (χ1) is 14.9. The number of hydrogen-bond donors (Lipinski definition) is 1. The van der Waals surface area contributed by atoms with Gasteiger partial charge in [0.1, 0.15) is 23.8 Å². The number of halogens is 1. The van der Waals surface area contributed by atoms with Gasteiger partial charge in [0.15, 0.2) is 5.75 Å². The standard InChI is InChI=1S/C24H20FNO5/c1-2-20-23(28)21(27)8-9-26(20)13-17-11-16-6-7-19(12-22(16)31-24(17)29)30-14-15-4-3-5-18(25)10-15/h3-12,28H,2,13-14H2,1H3. The Hall–Kier alpha value is -3.87. The zero-order valence-electron chi connectivity index (χ0n) is 16.8. The zero-order chi connectivity index (χ0) is 22.0. The minimum Gasteiger partial charge on any atom is -0.503 e. The zero-order valence-corrected chi connectivity index (χ0v) is 16.8. The van der Waals surface area contributed by atoms with E-state index in [1.165, 1.54) is 18.2 Å². The molecule has 2 aromatic heterocycles. The molecule has 0 amide bonds. The van der Waals surface area contributed by atoms with E-state index in [1.807, 2.05) is 6.92 Å². The Kier molecular flexibility index (Phi) is 5.58. The van der Waals surface area contributed by atoms with Crippen LogP contribution in [0.5, 0.6) is 11.5 Å². The van der Waals surface area contributed by atoms with Crippen LogP contribution < -0.4 is 15.8 Å². The average Bonchev–Trinajstić information content (AvgIpc) is 2.75. The van der Waals surface area contributed by atoms with Crippen LogP contribution in [0.1, 0.15) is 23.7 Å². The van der Waals surface area contributed by atoms with Crippen LogP contribution in [0.3, 0.4) is 0 Å². The third-order valence-electron chi connectivity index (χ3n) is 5.01. The molecule has 0 unspecified atom stereocenters. The minimum absolute atomic E-state index is 0.160. The molecule has 0 saturated carbocycles. The molecule has 2 heterocycles. The fraction of sp³-hybridized carbons (Fsp3) is 0.167. The van der Waals surface area contributed by atoms with Gasteiger partial charge < -0.3 is 18.8 Å². The number of ether oxygens (including phenoxy) is 1. The molecular formula is C24H20FNO5. The fourth-order valence-electron chi connectivity index (χ4n) is 3.43. The Morgan fingerprint density at radius 1 is 1.10 bits per heavy atom. The molecule has 7 heteroatoms. The van der Waals surface area contributed by atoms with E-state index in [0.717, 1.165) is 0 Å². The Labute approximate surface area is 176 Å². The van der Waals surface area contributed by atoms with Crippen molar-refractivity contribution in [3.05, 3.63) is 104 Å². The summed E-state index contributed by atoms with van der Waals surface area (Å²) in [6, 6.07) is 14.2. The summed E-state index contributed by atoms with van der Waals surface area (Å²) < 4.78 is 26.1. The second kappa shape index (κ2) is 8.47.